The third kappa shape index (κ3) is 31.9. The smallest absolute Gasteiger partial charge is 0.333 e. The number of ketones is 4. The fourth-order valence-electron chi connectivity index (χ4n) is 16.9. The minimum atomic E-state index is -4.14. The van der Waals surface area contributed by atoms with Crippen molar-refractivity contribution in [3.63, 3.8) is 0 Å². The van der Waals surface area contributed by atoms with Gasteiger partial charge in [-0.05, 0) is 202 Å². The van der Waals surface area contributed by atoms with Crippen LogP contribution in [0.2, 0.25) is 24.4 Å². The molecule has 8 heterocycles. The van der Waals surface area contributed by atoms with Gasteiger partial charge in [0.1, 0.15) is 49.3 Å². The Morgan fingerprint density at radius 3 is 1.41 bits per heavy atom. The van der Waals surface area contributed by atoms with Gasteiger partial charge in [0, 0.05) is 91.7 Å². The lowest BCUT2D eigenvalue weighted by Crippen LogP contribution is -2.24. The van der Waals surface area contributed by atoms with Gasteiger partial charge in [0.15, 0.2) is 0 Å². The highest BCUT2D eigenvalue weighted by Gasteiger charge is 2.41. The molecule has 0 spiro atoms. The zero-order valence-electron chi connectivity index (χ0n) is 76.3. The Morgan fingerprint density at radius 1 is 0.465 bits per heavy atom. The molecule has 0 unspecified atom stereocenters. The number of carbonyl (C=O) groups excluding carboxylic acids is 4. The van der Waals surface area contributed by atoms with Crippen LogP contribution in [0.4, 0.5) is 11.6 Å². The number of nitrogens with zero attached hydrogens (tertiary/aromatic N) is 8. The second kappa shape index (κ2) is 50.4. The average molecular weight is 2260 g/mol. The number of thioether (sulfide) groups is 1. The zero-order chi connectivity index (χ0) is 104. The number of ether oxygens (including phenoxy) is 1. The Hall–Kier alpha value is -8.85. The van der Waals surface area contributed by atoms with E-state index in [2.05, 4.69) is 74.2 Å². The van der Waals surface area contributed by atoms with Gasteiger partial charge in [-0.3, -0.25) is 35.9 Å². The molecule has 16 rings (SSSR count). The minimum Gasteiger partial charge on any atom is -0.489 e. The summed E-state index contributed by atoms with van der Waals surface area (Å²) in [6.07, 6.45) is 13.7. The predicted molar refractivity (Wildman–Crippen MR) is 547 cm³/mol. The molecule has 14 N–H and O–H groups in total. The van der Waals surface area contributed by atoms with Crippen molar-refractivity contribution in [2.24, 2.45) is 56.1 Å². The number of benzene rings is 4. The Labute approximate surface area is 876 Å². The van der Waals surface area contributed by atoms with E-state index in [0.717, 1.165) is 56.2 Å². The number of carbonyl (C=O) groups is 4. The van der Waals surface area contributed by atoms with Crippen LogP contribution in [0, 0.1) is 42.4 Å². The summed E-state index contributed by atoms with van der Waals surface area (Å²) < 4.78 is 140. The number of aliphatic hydroxyl groups is 4. The maximum atomic E-state index is 13.4. The summed E-state index contributed by atoms with van der Waals surface area (Å²) in [6.45, 7) is 3.21. The van der Waals surface area contributed by atoms with E-state index < -0.39 is 93.1 Å². The van der Waals surface area contributed by atoms with Gasteiger partial charge in [0.2, 0.25) is 33.0 Å². The fraction of sp³-hybridized carbons (Fsp3) is 0.348. The third-order valence-electron chi connectivity index (χ3n) is 23.8. The van der Waals surface area contributed by atoms with E-state index in [1.807, 2.05) is 77.5 Å². The van der Waals surface area contributed by atoms with Crippen LogP contribution in [0.1, 0.15) is 163 Å². The fourth-order valence-corrected chi connectivity index (χ4v) is 26.1. The molecular weight excluding hydrogens is 2170 g/mol. The van der Waals surface area contributed by atoms with Crippen molar-refractivity contribution < 1.29 is 103 Å². The van der Waals surface area contributed by atoms with Crippen molar-refractivity contribution in [1.29, 1.82) is 0 Å². The van der Waals surface area contributed by atoms with Crippen molar-refractivity contribution in [1.82, 2.24) is 39.9 Å². The molecule has 4 saturated carbocycles. The number of thiophene rings is 4. The molecule has 8 aromatic heterocycles. The van der Waals surface area contributed by atoms with E-state index in [4.69, 9.17) is 83.3 Å². The number of hydrogen-bond acceptors (Lipinski definition) is 38. The maximum Gasteiger partial charge on any atom is 0.333 e. The van der Waals surface area contributed by atoms with Gasteiger partial charge in [-0.1, -0.05) is 107 Å². The van der Waals surface area contributed by atoms with Crippen molar-refractivity contribution in [2.45, 2.75) is 154 Å². The summed E-state index contributed by atoms with van der Waals surface area (Å²) in [5, 5.41) is 72.8. The van der Waals surface area contributed by atoms with Gasteiger partial charge in [-0.25, -0.2) is 68.8 Å². The van der Waals surface area contributed by atoms with Crippen molar-refractivity contribution >= 4 is 201 Å². The lowest BCUT2D eigenvalue weighted by atomic mass is 9.96. The first kappa shape index (κ1) is 112. The monoisotopic (exact) mass is 2260 g/mol. The van der Waals surface area contributed by atoms with E-state index in [0.29, 0.717) is 144 Å². The number of nitrogens with two attached hydrogens (primary N) is 4. The molecular formula is C92H97Cl5N14O23S10. The van der Waals surface area contributed by atoms with Crippen molar-refractivity contribution in [3.8, 4) is 5.75 Å². The molecule has 52 heteroatoms. The zero-order valence-corrected chi connectivity index (χ0v) is 88.2. The summed E-state index contributed by atoms with van der Waals surface area (Å²) in [6, 6.07) is 32.9. The average Bonchev–Trinajstić information content (AvgIpc) is 1.55. The second-order valence-corrected chi connectivity index (χ2v) is 48.4. The standard InChI is InChI=1S/C25H29N3O6S2.C23H23Cl2N3O5S3.C22H22Cl2N4O5S2.C22H23ClN4O7S3/c1-2-18-5-3-4-6-23(18)33-12-17-10-24(35-14-17)25(30)20-11-27-15-28-21(20)8-16-7-19(22(29)9-16)13-34-36(26,31)32;24-17-2-1-3-20(22(17)25)34-10-14-7-21(35-11-14)23(30)16-8-27-12-28-18(16)5-13-4-15(19(29)6-13)9-33-36(26,31)32;23-15-3-1-2-12(5-15)4-13-7-19(34-21(13)24)20(30)17-9-26-11-27-22(17)28-16-6-14(18(29)8-16)10-33-35(25,31)32;1-12-20(36(30,31)16-4-2-3-14(23)6-16)8-19(35-12)21(29)17-9-25-11-26-22(17)27-15-5-13(18(28)7-15)10-34-37(24,32)33/h3-6,10-11,14-16,19,22,29H,2,7-9,12-13H2,1H3,(H2,26,31,32);1-3,7-8,11-13,15,19,29H,4-6,9-10H2,(H2,26,31,32);1-3,5,7,9,11,14,16,18,29H,4,6,8,10H2,(H2,25,31,32)(H,26,27,28);2-4,6,8-9,11,13,15,18,28H,5,7,10H2,1H3,(H2,24,32,33)(H,25,26,27)/t16-,19+,22-;13-,15+,19-;14-,16-,18+;13-,15-,18+/m0011/s1. The van der Waals surface area contributed by atoms with Crippen LogP contribution in [-0.4, -0.2) is 188 Å². The first-order valence-corrected chi connectivity index (χ1v) is 57.8. The predicted octanol–water partition coefficient (Wildman–Crippen LogP) is 13.4. The molecule has 12 atom stereocenters. The van der Waals surface area contributed by atoms with Gasteiger partial charge in [-0.15, -0.1) is 57.1 Å². The summed E-state index contributed by atoms with van der Waals surface area (Å²) in [5.41, 5.74) is 7.21. The molecule has 0 saturated heterocycles. The van der Waals surface area contributed by atoms with Gasteiger partial charge in [-0.2, -0.15) is 33.7 Å². The van der Waals surface area contributed by atoms with Crippen LogP contribution >= 0.6 is 115 Å². The number of rotatable bonds is 39. The molecule has 37 nitrogen and oxygen atoms in total. The van der Waals surface area contributed by atoms with Gasteiger partial charge in [0.05, 0.1) is 128 Å². The van der Waals surface area contributed by atoms with Crippen molar-refractivity contribution in [2.75, 3.05) is 37.1 Å². The van der Waals surface area contributed by atoms with Gasteiger partial charge < -0.3 is 35.8 Å². The molecule has 4 aliphatic carbocycles. The highest BCUT2D eigenvalue weighted by Crippen LogP contribution is 2.42. The van der Waals surface area contributed by atoms with Crippen molar-refractivity contribution in [3.05, 3.63) is 286 Å². The van der Waals surface area contributed by atoms with Crippen LogP contribution in [0.5, 0.6) is 5.75 Å². The lowest BCUT2D eigenvalue weighted by Gasteiger charge is -2.15. The number of aryl methyl sites for hydroxylation is 2. The van der Waals surface area contributed by atoms with E-state index in [1.54, 1.807) is 43.0 Å². The van der Waals surface area contributed by atoms with E-state index in [-0.39, 0.29) is 123 Å². The molecule has 4 fully saturated rings. The number of para-hydroxylation sites is 1. The molecule has 4 aromatic carbocycles. The van der Waals surface area contributed by atoms with E-state index in [1.165, 1.54) is 108 Å². The molecule has 12 aromatic rings. The largest absolute Gasteiger partial charge is 0.489 e. The Kier molecular flexibility index (Phi) is 39.3. The van der Waals surface area contributed by atoms with Crippen LogP contribution in [0.25, 0.3) is 0 Å². The summed E-state index contributed by atoms with van der Waals surface area (Å²) >= 11 is 37.3. The Balaban J connectivity index is 0.000000161. The molecule has 0 aliphatic heterocycles. The van der Waals surface area contributed by atoms with Crippen LogP contribution in [0.15, 0.2) is 191 Å². The van der Waals surface area contributed by atoms with Gasteiger partial charge >= 0.3 is 41.2 Å². The second-order valence-electron chi connectivity index (χ2n) is 34.2. The molecule has 768 valence electrons. The van der Waals surface area contributed by atoms with Crippen LogP contribution in [-0.2, 0) is 106 Å². The first-order valence-electron chi connectivity index (χ1n) is 44.1. The molecule has 4 aliphatic rings. The molecule has 0 bridgehead atoms. The van der Waals surface area contributed by atoms with Crippen LogP contribution < -0.4 is 35.9 Å². The summed E-state index contributed by atoms with van der Waals surface area (Å²) in [5.74, 6) is -0.722. The normalized spacial score (nSPS) is 20.1. The highest BCUT2D eigenvalue weighted by molar-refractivity contribution is 7.98. The lowest BCUT2D eigenvalue weighted by molar-refractivity contribution is 0.0997. The maximum absolute atomic E-state index is 13.4. The number of aromatic nitrogens is 8. The third-order valence-corrected chi connectivity index (χ3v) is 34.7. The van der Waals surface area contributed by atoms with Crippen LogP contribution in [0.3, 0.4) is 0 Å². The molecule has 144 heavy (non-hydrogen) atoms. The van der Waals surface area contributed by atoms with Gasteiger partial charge in [0.25, 0.3) is 0 Å². The number of nitrogens with one attached hydrogen (secondary N) is 2. The number of sulfone groups is 1. The first-order chi connectivity index (χ1) is 68.3. The Morgan fingerprint density at radius 2 is 0.910 bits per heavy atom. The number of halogens is 5. The summed E-state index contributed by atoms with van der Waals surface area (Å²) in [4.78, 5) is 89.5. The number of aliphatic hydroxyl groups excluding tert-OH is 4. The minimum absolute atomic E-state index is 0.00564. The number of hydrogen-bond donors (Lipinski definition) is 10. The van der Waals surface area contributed by atoms with E-state index in [9.17, 15) is 81.7 Å². The highest BCUT2D eigenvalue weighted by atomic mass is 35.5. The molecule has 0 amide bonds. The molecule has 0 radical (unpaired) electrons. The number of anilines is 2. The summed E-state index contributed by atoms with van der Waals surface area (Å²) in [7, 11) is -20.3. The topological polar surface area (TPSA) is 597 Å². The Bertz CT molecular complexity index is 7220. The quantitative estimate of drug-likeness (QED) is 0.0126. The van der Waals surface area contributed by atoms with E-state index >= 15 is 0 Å². The SMILES string of the molecule is CCc1ccccc1OCc1csc(C(=O)c2cncnc2C[C@@H]2C[C@H](COS(N)(=O)=O)[C@@H](O)C2)c1.Cc1sc(C(=O)c2cncnc2N[C@@H]2C[C@H](COS(N)(=O)=O)[C@@H](O)C2)cc1S(=O)(=O)c1cccc(Cl)c1.NS(=O)(=O)OC[C@H]1C[C@@H](Cc2ncncc2C(=O)c2cc(CSc3cccc(Cl)c3Cl)cs2)C[C@@H]1O.NS(=O)(=O)OC[C@H]1C[C@@H](Nc2ncncc2C(=O)c2cc(Cc3cccc(Cl)c3)c(Cl)s2)C[C@@H]1O.